The zero-order chi connectivity index (χ0) is 21.4. The molecule has 0 aliphatic heterocycles. The van der Waals surface area contributed by atoms with Crippen molar-refractivity contribution >= 4 is 16.8 Å². The third kappa shape index (κ3) is 3.63. The Morgan fingerprint density at radius 3 is 2.53 bits per heavy atom. The van der Waals surface area contributed by atoms with Gasteiger partial charge in [-0.25, -0.2) is 0 Å². The number of H-pyrrole nitrogens is 1. The third-order valence-electron chi connectivity index (χ3n) is 5.79. The summed E-state index contributed by atoms with van der Waals surface area (Å²) in [5.41, 5.74) is 8.08. The SMILES string of the molecule is Cc1ccc2[nH]c(C(=O)N[C@H](C)Cc3c(C)nn(C)c3C)c(-c3ccccc3)c2c1. The van der Waals surface area contributed by atoms with E-state index in [0.717, 1.165) is 39.8 Å². The van der Waals surface area contributed by atoms with E-state index in [4.69, 9.17) is 0 Å². The van der Waals surface area contributed by atoms with Crippen LogP contribution in [-0.4, -0.2) is 26.7 Å². The standard InChI is InChI=1S/C25H28N4O/c1-15-11-12-22-21(13-15)23(19-9-7-6-8-10-19)24(27-22)25(30)26-16(2)14-20-17(3)28-29(5)18(20)4/h6-13,16,27H,14H2,1-5H3,(H,26,30)/t16-/m1/s1. The van der Waals surface area contributed by atoms with Gasteiger partial charge in [-0.05, 0) is 57.4 Å². The van der Waals surface area contributed by atoms with Crippen LogP contribution < -0.4 is 5.32 Å². The highest BCUT2D eigenvalue weighted by Gasteiger charge is 2.21. The minimum Gasteiger partial charge on any atom is -0.350 e. The lowest BCUT2D eigenvalue weighted by molar-refractivity contribution is 0.0936. The van der Waals surface area contributed by atoms with Crippen molar-refractivity contribution in [2.75, 3.05) is 0 Å². The number of benzene rings is 2. The van der Waals surface area contributed by atoms with Crippen LogP contribution in [0.1, 0.15) is 39.9 Å². The van der Waals surface area contributed by atoms with E-state index in [1.807, 2.05) is 62.0 Å². The average Bonchev–Trinajstić information content (AvgIpc) is 3.21. The van der Waals surface area contributed by atoms with Crippen LogP contribution in [0.15, 0.2) is 48.5 Å². The summed E-state index contributed by atoms with van der Waals surface area (Å²) >= 11 is 0. The Kier molecular flexibility index (Phi) is 5.20. The van der Waals surface area contributed by atoms with E-state index >= 15 is 0 Å². The zero-order valence-electron chi connectivity index (χ0n) is 18.2. The molecule has 4 rings (SSSR count). The predicted molar refractivity (Wildman–Crippen MR) is 122 cm³/mol. The number of hydrogen-bond donors (Lipinski definition) is 2. The van der Waals surface area contributed by atoms with Gasteiger partial charge in [0.2, 0.25) is 0 Å². The molecule has 0 saturated carbocycles. The first-order valence-electron chi connectivity index (χ1n) is 10.3. The van der Waals surface area contributed by atoms with Gasteiger partial charge in [-0.2, -0.15) is 5.10 Å². The van der Waals surface area contributed by atoms with E-state index in [9.17, 15) is 4.79 Å². The Bertz CT molecular complexity index is 1220. The summed E-state index contributed by atoms with van der Waals surface area (Å²) in [7, 11) is 1.95. The van der Waals surface area contributed by atoms with E-state index in [1.54, 1.807) is 0 Å². The van der Waals surface area contributed by atoms with Gasteiger partial charge in [-0.15, -0.1) is 0 Å². The van der Waals surface area contributed by atoms with Crippen LogP contribution in [0.3, 0.4) is 0 Å². The second-order valence-corrected chi connectivity index (χ2v) is 8.14. The maximum Gasteiger partial charge on any atom is 0.268 e. The van der Waals surface area contributed by atoms with E-state index in [2.05, 4.69) is 41.4 Å². The molecule has 2 aromatic heterocycles. The number of nitrogens with one attached hydrogen (secondary N) is 2. The number of aromatic amines is 1. The Labute approximate surface area is 177 Å². The number of carbonyl (C=O) groups excluding carboxylic acids is 1. The van der Waals surface area contributed by atoms with E-state index in [0.29, 0.717) is 5.69 Å². The average molecular weight is 401 g/mol. The highest BCUT2D eigenvalue weighted by molar-refractivity contribution is 6.09. The van der Waals surface area contributed by atoms with Gasteiger partial charge in [0.15, 0.2) is 0 Å². The molecule has 0 saturated heterocycles. The molecule has 0 bridgehead atoms. The van der Waals surface area contributed by atoms with E-state index in [-0.39, 0.29) is 11.9 Å². The Morgan fingerprint density at radius 2 is 1.87 bits per heavy atom. The Balaban J connectivity index is 1.68. The second kappa shape index (κ2) is 7.82. The lowest BCUT2D eigenvalue weighted by atomic mass is 10.00. The molecule has 5 heteroatoms. The van der Waals surface area contributed by atoms with Crippen LogP contribution in [0.5, 0.6) is 0 Å². The van der Waals surface area contributed by atoms with Crippen molar-refractivity contribution in [1.29, 1.82) is 0 Å². The van der Waals surface area contributed by atoms with E-state index < -0.39 is 0 Å². The summed E-state index contributed by atoms with van der Waals surface area (Å²) in [6.07, 6.45) is 0.747. The Hall–Kier alpha value is -3.34. The first-order chi connectivity index (χ1) is 14.3. The van der Waals surface area contributed by atoms with Gasteiger partial charge in [0, 0.05) is 35.2 Å². The van der Waals surface area contributed by atoms with Crippen LogP contribution in [0.4, 0.5) is 0 Å². The minimum absolute atomic E-state index is 0.0177. The number of hydrogen-bond acceptors (Lipinski definition) is 2. The van der Waals surface area contributed by atoms with Gasteiger partial charge >= 0.3 is 0 Å². The molecule has 0 aliphatic rings. The second-order valence-electron chi connectivity index (χ2n) is 8.14. The highest BCUT2D eigenvalue weighted by atomic mass is 16.1. The van der Waals surface area contributed by atoms with Crippen molar-refractivity contribution < 1.29 is 4.79 Å². The monoisotopic (exact) mass is 400 g/mol. The fourth-order valence-electron chi connectivity index (χ4n) is 4.15. The fourth-order valence-corrected chi connectivity index (χ4v) is 4.15. The molecule has 1 atom stereocenters. The molecule has 1 amide bonds. The van der Waals surface area contributed by atoms with Crippen molar-refractivity contribution in [3.8, 4) is 11.1 Å². The number of rotatable bonds is 5. The number of carbonyl (C=O) groups is 1. The Morgan fingerprint density at radius 1 is 1.13 bits per heavy atom. The van der Waals surface area contributed by atoms with Gasteiger partial charge in [-0.3, -0.25) is 9.48 Å². The minimum atomic E-state index is -0.0885. The normalized spacial score (nSPS) is 12.3. The molecule has 2 N–H and O–H groups in total. The summed E-state index contributed by atoms with van der Waals surface area (Å²) in [5.74, 6) is -0.0885. The molecule has 4 aromatic rings. The summed E-state index contributed by atoms with van der Waals surface area (Å²) in [5, 5.41) is 8.74. The first kappa shape index (κ1) is 20.0. The van der Waals surface area contributed by atoms with Gasteiger partial charge < -0.3 is 10.3 Å². The third-order valence-corrected chi connectivity index (χ3v) is 5.79. The smallest absolute Gasteiger partial charge is 0.268 e. The molecule has 154 valence electrons. The molecule has 30 heavy (non-hydrogen) atoms. The molecule has 0 unspecified atom stereocenters. The molecule has 2 aromatic carbocycles. The molecular weight excluding hydrogens is 372 g/mol. The van der Waals surface area contributed by atoms with Crippen LogP contribution >= 0.6 is 0 Å². The van der Waals surface area contributed by atoms with Crippen LogP contribution in [0.25, 0.3) is 22.0 Å². The van der Waals surface area contributed by atoms with Gasteiger partial charge in [0.1, 0.15) is 5.69 Å². The van der Waals surface area contributed by atoms with Gasteiger partial charge in [0.05, 0.1) is 5.69 Å². The van der Waals surface area contributed by atoms with Crippen molar-refractivity contribution in [2.24, 2.45) is 7.05 Å². The lowest BCUT2D eigenvalue weighted by Crippen LogP contribution is -2.34. The topological polar surface area (TPSA) is 62.7 Å². The molecule has 5 nitrogen and oxygen atoms in total. The molecule has 0 radical (unpaired) electrons. The quantitative estimate of drug-likeness (QED) is 0.503. The predicted octanol–water partition coefficient (Wildman–Crippen LogP) is 4.85. The first-order valence-corrected chi connectivity index (χ1v) is 10.3. The summed E-state index contributed by atoms with van der Waals surface area (Å²) in [4.78, 5) is 16.7. The van der Waals surface area contributed by atoms with Crippen molar-refractivity contribution in [2.45, 2.75) is 40.2 Å². The van der Waals surface area contributed by atoms with Gasteiger partial charge in [0.25, 0.3) is 5.91 Å². The number of amides is 1. The van der Waals surface area contributed by atoms with Gasteiger partial charge in [-0.1, -0.05) is 42.0 Å². The maximum atomic E-state index is 13.3. The number of fused-ring (bicyclic) bond motifs is 1. The molecule has 0 spiro atoms. The largest absolute Gasteiger partial charge is 0.350 e. The summed E-state index contributed by atoms with van der Waals surface area (Å²) in [6.45, 7) is 8.20. The number of aryl methyl sites for hydroxylation is 3. The lowest BCUT2D eigenvalue weighted by Gasteiger charge is -2.15. The van der Waals surface area contributed by atoms with Crippen LogP contribution in [-0.2, 0) is 13.5 Å². The highest BCUT2D eigenvalue weighted by Crippen LogP contribution is 2.33. The number of aromatic nitrogens is 3. The van der Waals surface area contributed by atoms with Crippen LogP contribution in [0, 0.1) is 20.8 Å². The van der Waals surface area contributed by atoms with Crippen molar-refractivity contribution in [1.82, 2.24) is 20.1 Å². The maximum absolute atomic E-state index is 13.3. The molecular formula is C25H28N4O. The molecule has 2 heterocycles. The fraction of sp³-hybridized carbons (Fsp3) is 0.280. The molecule has 0 fully saturated rings. The number of nitrogens with zero attached hydrogens (tertiary/aromatic N) is 2. The van der Waals surface area contributed by atoms with Crippen molar-refractivity contribution in [3.63, 3.8) is 0 Å². The van der Waals surface area contributed by atoms with Crippen molar-refractivity contribution in [3.05, 3.63) is 76.7 Å². The summed E-state index contributed by atoms with van der Waals surface area (Å²) in [6, 6.07) is 16.3. The van der Waals surface area contributed by atoms with E-state index in [1.165, 1.54) is 11.1 Å². The van der Waals surface area contributed by atoms with Crippen LogP contribution in [0.2, 0.25) is 0 Å². The zero-order valence-corrected chi connectivity index (χ0v) is 18.2. The molecule has 0 aliphatic carbocycles. The summed E-state index contributed by atoms with van der Waals surface area (Å²) < 4.78 is 1.90.